The van der Waals surface area contributed by atoms with E-state index in [0.717, 1.165) is 16.9 Å². The van der Waals surface area contributed by atoms with Gasteiger partial charge in [-0.25, -0.2) is 0 Å². The fraction of sp³-hybridized carbons (Fsp3) is 0.667. The topological polar surface area (TPSA) is 32.7 Å². The molecule has 1 N–H and O–H groups in total. The maximum Gasteiger partial charge on any atom is 0.125 e. The quantitative estimate of drug-likeness (QED) is 0.845. The van der Waals surface area contributed by atoms with E-state index in [1.54, 1.807) is 0 Å². The molecule has 3 atom stereocenters. The van der Waals surface area contributed by atoms with E-state index in [1.807, 2.05) is 32.0 Å². The number of benzene rings is 1. The minimum Gasteiger partial charge on any atom is -1.00 e. The molecule has 126 valence electrons. The lowest BCUT2D eigenvalue weighted by Crippen LogP contribution is -3.00. The molecule has 3 nitrogen and oxygen atoms in total. The smallest absolute Gasteiger partial charge is 0.125 e. The zero-order valence-corrected chi connectivity index (χ0v) is 14.9. The van der Waals surface area contributed by atoms with Crippen LogP contribution in [0.4, 0.5) is 0 Å². The summed E-state index contributed by atoms with van der Waals surface area (Å²) in [6.45, 7) is 9.67. The fourth-order valence-electron chi connectivity index (χ4n) is 3.34. The van der Waals surface area contributed by atoms with Crippen LogP contribution in [-0.4, -0.2) is 41.3 Å². The molecule has 0 saturated carbocycles. The molecule has 4 heteroatoms. The third-order valence-corrected chi connectivity index (χ3v) is 4.63. The van der Waals surface area contributed by atoms with E-state index in [9.17, 15) is 5.11 Å². The van der Waals surface area contributed by atoms with Crippen LogP contribution in [0.1, 0.15) is 44.2 Å². The van der Waals surface area contributed by atoms with Gasteiger partial charge in [0.2, 0.25) is 0 Å². The van der Waals surface area contributed by atoms with Crippen LogP contribution in [0.3, 0.4) is 0 Å². The summed E-state index contributed by atoms with van der Waals surface area (Å²) in [7, 11) is 0. The molecule has 0 aromatic heterocycles. The average Bonchev–Trinajstić information content (AvgIpc) is 2.42. The molecule has 22 heavy (non-hydrogen) atoms. The number of halogens is 1. The Hall–Kier alpha value is -0.770. The minimum atomic E-state index is -0.438. The number of aliphatic hydroxyl groups is 1. The molecule has 0 aliphatic carbocycles. The van der Waals surface area contributed by atoms with Crippen molar-refractivity contribution in [2.75, 3.05) is 13.2 Å². The van der Waals surface area contributed by atoms with E-state index in [0.29, 0.717) is 25.2 Å². The lowest BCUT2D eigenvalue weighted by Gasteiger charge is -2.40. The van der Waals surface area contributed by atoms with Gasteiger partial charge in [-0.05, 0) is 51.7 Å². The molecule has 1 aromatic rings. The predicted octanol–water partition coefficient (Wildman–Crippen LogP) is 0.310. The molecule has 1 fully saturated rings. The van der Waals surface area contributed by atoms with Gasteiger partial charge in [0.1, 0.15) is 18.5 Å². The van der Waals surface area contributed by atoms with E-state index in [1.165, 1.54) is 19.3 Å². The first-order chi connectivity index (χ1) is 9.99. The maximum absolute atomic E-state index is 10.3. The number of ether oxygens (including phenoxy) is 1. The van der Waals surface area contributed by atoms with Gasteiger partial charge in [-0.3, -0.25) is 4.90 Å². The summed E-state index contributed by atoms with van der Waals surface area (Å²) in [6.07, 6.45) is 3.32. The van der Waals surface area contributed by atoms with E-state index < -0.39 is 6.10 Å². The second-order valence-corrected chi connectivity index (χ2v) is 6.51. The normalized spacial score (nSPS) is 23.7. The van der Waals surface area contributed by atoms with Gasteiger partial charge in [-0.1, -0.05) is 24.6 Å². The number of aliphatic hydroxyl groups excluding tert-OH is 1. The number of hydrogen-bond donors (Lipinski definition) is 1. The Morgan fingerprint density at radius 2 is 1.73 bits per heavy atom. The van der Waals surface area contributed by atoms with Crippen molar-refractivity contribution in [1.82, 2.24) is 4.90 Å². The molecular weight excluding hydrogens is 298 g/mol. The highest BCUT2D eigenvalue weighted by molar-refractivity contribution is 5.39. The van der Waals surface area contributed by atoms with Gasteiger partial charge < -0.3 is 22.3 Å². The number of nitrogens with zero attached hydrogens (tertiary/aromatic N) is 1. The van der Waals surface area contributed by atoms with Crippen molar-refractivity contribution >= 4 is 0 Å². The first-order valence-electron chi connectivity index (χ1n) is 8.12. The SMILES string of the molecule is Cc1cccc(C)c1OCC(O)CN1C(C)CCCC1C.[Cl-]. The van der Waals surface area contributed by atoms with Crippen molar-refractivity contribution < 1.29 is 22.3 Å². The van der Waals surface area contributed by atoms with Crippen LogP contribution < -0.4 is 17.1 Å². The van der Waals surface area contributed by atoms with Crippen molar-refractivity contribution in [3.8, 4) is 5.75 Å². The fourth-order valence-corrected chi connectivity index (χ4v) is 3.34. The maximum atomic E-state index is 10.3. The standard InChI is InChI=1S/C18H29NO2.ClH/c1-13-7-5-8-14(2)18(13)21-12-17(20)11-19-15(3)9-6-10-16(19)4;/h5,7-8,15-17,20H,6,9-12H2,1-4H3;1H/p-1. The zero-order valence-electron chi connectivity index (χ0n) is 14.2. The Kier molecular flexibility index (Phi) is 7.67. The number of β-amino-alcohol motifs (C(OH)–C–C–N with tert-alkyl or cyclic N) is 1. The summed E-state index contributed by atoms with van der Waals surface area (Å²) in [5, 5.41) is 10.3. The number of rotatable bonds is 5. The monoisotopic (exact) mass is 326 g/mol. The summed E-state index contributed by atoms with van der Waals surface area (Å²) in [6, 6.07) is 7.24. The van der Waals surface area contributed by atoms with Gasteiger partial charge in [-0.15, -0.1) is 0 Å². The molecule has 0 spiro atoms. The third-order valence-electron chi connectivity index (χ3n) is 4.63. The summed E-state index contributed by atoms with van der Waals surface area (Å²) in [5.41, 5.74) is 2.25. The molecule has 0 amide bonds. The largest absolute Gasteiger partial charge is 1.00 e. The first kappa shape index (κ1) is 19.3. The number of aryl methyl sites for hydroxylation is 2. The van der Waals surface area contributed by atoms with Gasteiger partial charge in [0, 0.05) is 18.6 Å². The Morgan fingerprint density at radius 3 is 2.27 bits per heavy atom. The minimum absolute atomic E-state index is 0. The Morgan fingerprint density at radius 1 is 1.18 bits per heavy atom. The van der Waals surface area contributed by atoms with Crippen LogP contribution >= 0.6 is 0 Å². The van der Waals surface area contributed by atoms with Crippen molar-refractivity contribution in [2.24, 2.45) is 0 Å². The first-order valence-corrected chi connectivity index (χ1v) is 8.12. The molecule has 1 heterocycles. The van der Waals surface area contributed by atoms with Gasteiger partial charge in [-0.2, -0.15) is 0 Å². The van der Waals surface area contributed by atoms with E-state index in [2.05, 4.69) is 18.7 Å². The zero-order chi connectivity index (χ0) is 15.4. The van der Waals surface area contributed by atoms with Gasteiger partial charge in [0.15, 0.2) is 0 Å². The van der Waals surface area contributed by atoms with E-state index in [4.69, 9.17) is 4.74 Å². The van der Waals surface area contributed by atoms with Crippen molar-refractivity contribution in [2.45, 2.75) is 65.1 Å². The molecule has 1 aromatic carbocycles. The number of hydrogen-bond acceptors (Lipinski definition) is 3. The van der Waals surface area contributed by atoms with Crippen molar-refractivity contribution in [3.05, 3.63) is 29.3 Å². The van der Waals surface area contributed by atoms with Crippen molar-refractivity contribution in [3.63, 3.8) is 0 Å². The molecule has 2 rings (SSSR count). The molecule has 3 unspecified atom stereocenters. The van der Waals surface area contributed by atoms with E-state index in [-0.39, 0.29) is 12.4 Å². The average molecular weight is 327 g/mol. The highest BCUT2D eigenvalue weighted by Crippen LogP contribution is 2.24. The summed E-state index contributed by atoms with van der Waals surface area (Å²) >= 11 is 0. The lowest BCUT2D eigenvalue weighted by atomic mass is 9.97. The lowest BCUT2D eigenvalue weighted by molar-refractivity contribution is -0.00000658. The van der Waals surface area contributed by atoms with Gasteiger partial charge in [0.25, 0.3) is 0 Å². The molecule has 1 saturated heterocycles. The highest BCUT2D eigenvalue weighted by atomic mass is 35.5. The summed E-state index contributed by atoms with van der Waals surface area (Å²) in [4.78, 5) is 2.42. The number of para-hydroxylation sites is 1. The number of piperidine rings is 1. The van der Waals surface area contributed by atoms with Crippen molar-refractivity contribution in [1.29, 1.82) is 0 Å². The second kappa shape index (κ2) is 8.76. The van der Waals surface area contributed by atoms with Crippen LogP contribution in [0.5, 0.6) is 5.75 Å². The van der Waals surface area contributed by atoms with Gasteiger partial charge in [0.05, 0.1) is 0 Å². The molecular formula is C18H29ClNO2-. The van der Waals surface area contributed by atoms with E-state index >= 15 is 0 Å². The number of likely N-dealkylation sites (tertiary alicyclic amines) is 1. The summed E-state index contributed by atoms with van der Waals surface area (Å²) < 4.78 is 5.86. The Bertz CT molecular complexity index is 436. The predicted molar refractivity (Wildman–Crippen MR) is 86.9 cm³/mol. The second-order valence-electron chi connectivity index (χ2n) is 6.51. The molecule has 1 aliphatic heterocycles. The van der Waals surface area contributed by atoms with Gasteiger partial charge >= 0.3 is 0 Å². The summed E-state index contributed by atoms with van der Waals surface area (Å²) in [5.74, 6) is 0.913. The Balaban J connectivity index is 0.00000242. The van der Waals surface area contributed by atoms with Crippen LogP contribution in [0.25, 0.3) is 0 Å². The van der Waals surface area contributed by atoms with Crippen LogP contribution in [0.15, 0.2) is 18.2 Å². The molecule has 0 bridgehead atoms. The van der Waals surface area contributed by atoms with Crippen LogP contribution in [0, 0.1) is 13.8 Å². The molecule has 1 aliphatic rings. The van der Waals surface area contributed by atoms with Crippen LogP contribution in [-0.2, 0) is 0 Å². The highest BCUT2D eigenvalue weighted by Gasteiger charge is 2.26. The third kappa shape index (κ3) is 4.87. The molecule has 0 radical (unpaired) electrons. The van der Waals surface area contributed by atoms with Crippen LogP contribution in [0.2, 0.25) is 0 Å². The Labute approximate surface area is 141 Å².